The van der Waals surface area contributed by atoms with Crippen LogP contribution in [-0.4, -0.2) is 18.5 Å². The van der Waals surface area contributed by atoms with Gasteiger partial charge in [-0.15, -0.1) is 0 Å². The standard InChI is InChI=1S/C16H22N2O/c1-12-11-18(13-7-3-2-4-8-13)15-10-6-5-9-14(15)17-16(12)19/h5-6,9-10,12-13H,2-4,7-8,11H2,1H3,(H,17,19)/t12-/m1/s1. The highest BCUT2D eigenvalue weighted by molar-refractivity contribution is 5.97. The number of para-hydroxylation sites is 2. The molecule has 19 heavy (non-hydrogen) atoms. The van der Waals surface area contributed by atoms with Crippen LogP contribution in [0.1, 0.15) is 39.0 Å². The molecule has 0 radical (unpaired) electrons. The van der Waals surface area contributed by atoms with E-state index in [4.69, 9.17) is 0 Å². The van der Waals surface area contributed by atoms with E-state index in [2.05, 4.69) is 22.3 Å². The Labute approximate surface area is 115 Å². The van der Waals surface area contributed by atoms with Gasteiger partial charge in [0.15, 0.2) is 0 Å². The molecule has 1 saturated carbocycles. The van der Waals surface area contributed by atoms with Gasteiger partial charge in [-0.25, -0.2) is 0 Å². The first kappa shape index (κ1) is 12.5. The van der Waals surface area contributed by atoms with Gasteiger partial charge in [0.25, 0.3) is 0 Å². The summed E-state index contributed by atoms with van der Waals surface area (Å²) in [5.41, 5.74) is 2.18. The third-order valence-corrected chi connectivity index (χ3v) is 4.40. The van der Waals surface area contributed by atoms with Crippen molar-refractivity contribution in [2.45, 2.75) is 45.1 Å². The van der Waals surface area contributed by atoms with E-state index in [-0.39, 0.29) is 11.8 Å². The highest BCUT2D eigenvalue weighted by atomic mass is 16.1. The second kappa shape index (κ2) is 5.24. The van der Waals surface area contributed by atoms with Gasteiger partial charge in [-0.05, 0) is 25.0 Å². The molecule has 3 rings (SSSR count). The van der Waals surface area contributed by atoms with E-state index in [9.17, 15) is 4.79 Å². The molecule has 1 aliphatic heterocycles. The number of benzene rings is 1. The summed E-state index contributed by atoms with van der Waals surface area (Å²) in [7, 11) is 0. The predicted octanol–water partition coefficient (Wildman–Crippen LogP) is 3.41. The number of hydrogen-bond donors (Lipinski definition) is 1. The van der Waals surface area contributed by atoms with Crippen molar-refractivity contribution in [2.24, 2.45) is 5.92 Å². The fraction of sp³-hybridized carbons (Fsp3) is 0.562. The fourth-order valence-corrected chi connectivity index (χ4v) is 3.30. The number of fused-ring (bicyclic) bond motifs is 1. The quantitative estimate of drug-likeness (QED) is 0.837. The summed E-state index contributed by atoms with van der Waals surface area (Å²) >= 11 is 0. The van der Waals surface area contributed by atoms with Gasteiger partial charge in [-0.2, -0.15) is 0 Å². The molecule has 0 spiro atoms. The normalized spacial score (nSPS) is 24.6. The topological polar surface area (TPSA) is 32.3 Å². The Hall–Kier alpha value is -1.51. The summed E-state index contributed by atoms with van der Waals surface area (Å²) < 4.78 is 0. The van der Waals surface area contributed by atoms with E-state index in [0.29, 0.717) is 6.04 Å². The molecule has 0 saturated heterocycles. The largest absolute Gasteiger partial charge is 0.366 e. The minimum absolute atomic E-state index is 0.0503. The third kappa shape index (κ3) is 2.46. The smallest absolute Gasteiger partial charge is 0.229 e. The van der Waals surface area contributed by atoms with Crippen molar-refractivity contribution in [3.8, 4) is 0 Å². The number of nitrogens with one attached hydrogen (secondary N) is 1. The maximum atomic E-state index is 12.1. The zero-order chi connectivity index (χ0) is 13.2. The highest BCUT2D eigenvalue weighted by Gasteiger charge is 2.29. The van der Waals surface area contributed by atoms with Crippen LogP contribution in [0.15, 0.2) is 24.3 Å². The first-order chi connectivity index (χ1) is 9.25. The van der Waals surface area contributed by atoms with Crippen LogP contribution in [0.2, 0.25) is 0 Å². The van der Waals surface area contributed by atoms with E-state index in [1.165, 1.54) is 37.8 Å². The Kier molecular flexibility index (Phi) is 3.45. The molecule has 1 aromatic rings. The minimum Gasteiger partial charge on any atom is -0.366 e. The van der Waals surface area contributed by atoms with Gasteiger partial charge in [-0.3, -0.25) is 4.79 Å². The summed E-state index contributed by atoms with van der Waals surface area (Å²) in [4.78, 5) is 14.5. The lowest BCUT2D eigenvalue weighted by atomic mass is 9.93. The average Bonchev–Trinajstić information content (AvgIpc) is 2.58. The van der Waals surface area contributed by atoms with Gasteiger partial charge in [0.1, 0.15) is 0 Å². The van der Waals surface area contributed by atoms with Gasteiger partial charge < -0.3 is 10.2 Å². The van der Waals surface area contributed by atoms with Gasteiger partial charge in [-0.1, -0.05) is 38.3 Å². The molecule has 1 fully saturated rings. The lowest BCUT2D eigenvalue weighted by molar-refractivity contribution is -0.119. The summed E-state index contributed by atoms with van der Waals surface area (Å²) in [6.07, 6.45) is 6.52. The first-order valence-electron chi connectivity index (χ1n) is 7.42. The Bertz CT molecular complexity index is 466. The average molecular weight is 258 g/mol. The Balaban J connectivity index is 1.95. The number of anilines is 2. The van der Waals surface area contributed by atoms with E-state index in [1.54, 1.807) is 0 Å². The Morgan fingerprint density at radius 1 is 1.16 bits per heavy atom. The van der Waals surface area contributed by atoms with Crippen LogP contribution in [0.4, 0.5) is 11.4 Å². The minimum atomic E-state index is 0.0503. The van der Waals surface area contributed by atoms with Crippen molar-refractivity contribution in [2.75, 3.05) is 16.8 Å². The van der Waals surface area contributed by atoms with E-state index in [0.717, 1.165) is 12.2 Å². The molecule has 3 nitrogen and oxygen atoms in total. The molecule has 0 aromatic heterocycles. The van der Waals surface area contributed by atoms with Crippen molar-refractivity contribution < 1.29 is 4.79 Å². The molecule has 2 aliphatic rings. The number of hydrogen-bond acceptors (Lipinski definition) is 2. The maximum Gasteiger partial charge on any atom is 0.229 e. The van der Waals surface area contributed by atoms with Crippen LogP contribution in [-0.2, 0) is 4.79 Å². The lowest BCUT2D eigenvalue weighted by Crippen LogP contribution is -2.40. The van der Waals surface area contributed by atoms with Crippen molar-refractivity contribution >= 4 is 17.3 Å². The zero-order valence-corrected chi connectivity index (χ0v) is 11.6. The second-order valence-corrected chi connectivity index (χ2v) is 5.85. The number of carbonyl (C=O) groups is 1. The van der Waals surface area contributed by atoms with E-state index >= 15 is 0 Å². The van der Waals surface area contributed by atoms with Crippen LogP contribution in [0, 0.1) is 5.92 Å². The van der Waals surface area contributed by atoms with Crippen molar-refractivity contribution in [1.82, 2.24) is 0 Å². The zero-order valence-electron chi connectivity index (χ0n) is 11.6. The summed E-state index contributed by atoms with van der Waals surface area (Å²) in [5, 5.41) is 3.06. The molecule has 0 unspecified atom stereocenters. The predicted molar refractivity (Wildman–Crippen MR) is 78.5 cm³/mol. The molecule has 1 aliphatic carbocycles. The molecular weight excluding hydrogens is 236 g/mol. The number of nitrogens with zero attached hydrogens (tertiary/aromatic N) is 1. The van der Waals surface area contributed by atoms with Crippen molar-refractivity contribution in [3.63, 3.8) is 0 Å². The molecule has 1 aromatic carbocycles. The van der Waals surface area contributed by atoms with Gasteiger partial charge in [0.05, 0.1) is 17.3 Å². The van der Waals surface area contributed by atoms with Crippen LogP contribution in [0.5, 0.6) is 0 Å². The van der Waals surface area contributed by atoms with Crippen LogP contribution < -0.4 is 10.2 Å². The summed E-state index contributed by atoms with van der Waals surface area (Å²) in [5.74, 6) is 0.195. The molecule has 1 N–H and O–H groups in total. The third-order valence-electron chi connectivity index (χ3n) is 4.40. The monoisotopic (exact) mass is 258 g/mol. The Morgan fingerprint density at radius 2 is 1.89 bits per heavy atom. The Morgan fingerprint density at radius 3 is 2.68 bits per heavy atom. The van der Waals surface area contributed by atoms with Crippen LogP contribution in [0.25, 0.3) is 0 Å². The second-order valence-electron chi connectivity index (χ2n) is 5.85. The molecule has 102 valence electrons. The van der Waals surface area contributed by atoms with Gasteiger partial charge in [0, 0.05) is 12.6 Å². The molecular formula is C16H22N2O. The maximum absolute atomic E-state index is 12.1. The van der Waals surface area contributed by atoms with Gasteiger partial charge in [0.2, 0.25) is 5.91 Å². The number of rotatable bonds is 1. The first-order valence-corrected chi connectivity index (χ1v) is 7.42. The van der Waals surface area contributed by atoms with Crippen LogP contribution >= 0.6 is 0 Å². The molecule has 1 heterocycles. The summed E-state index contributed by atoms with van der Waals surface area (Å²) in [6, 6.07) is 8.82. The molecule has 1 atom stereocenters. The molecule has 1 amide bonds. The van der Waals surface area contributed by atoms with Crippen LogP contribution in [0.3, 0.4) is 0 Å². The molecule has 3 heteroatoms. The fourth-order valence-electron chi connectivity index (χ4n) is 3.30. The SMILES string of the molecule is C[C@@H]1CN(C2CCCCC2)c2ccccc2NC1=O. The van der Waals surface area contributed by atoms with Crippen molar-refractivity contribution in [3.05, 3.63) is 24.3 Å². The lowest BCUT2D eigenvalue weighted by Gasteiger charge is -2.36. The summed E-state index contributed by atoms with van der Waals surface area (Å²) in [6.45, 7) is 2.87. The van der Waals surface area contributed by atoms with Gasteiger partial charge >= 0.3 is 0 Å². The van der Waals surface area contributed by atoms with Crippen molar-refractivity contribution in [1.29, 1.82) is 0 Å². The number of amides is 1. The number of carbonyl (C=O) groups excluding carboxylic acids is 1. The van der Waals surface area contributed by atoms with E-state index in [1.807, 2.05) is 19.1 Å². The highest BCUT2D eigenvalue weighted by Crippen LogP contribution is 2.35. The van der Waals surface area contributed by atoms with E-state index < -0.39 is 0 Å². The molecule has 0 bridgehead atoms.